The van der Waals surface area contributed by atoms with Crippen molar-refractivity contribution in [1.82, 2.24) is 10.2 Å². The lowest BCUT2D eigenvalue weighted by molar-refractivity contribution is -0.137. The number of ether oxygens (including phenoxy) is 1. The van der Waals surface area contributed by atoms with E-state index >= 15 is 0 Å². The van der Waals surface area contributed by atoms with E-state index in [-0.39, 0.29) is 29.5 Å². The molecule has 0 spiro atoms. The van der Waals surface area contributed by atoms with Gasteiger partial charge in [0.15, 0.2) is 0 Å². The Labute approximate surface area is 160 Å². The Kier molecular flexibility index (Phi) is 6.03. The van der Waals surface area contributed by atoms with Crippen LogP contribution in [0.25, 0.3) is 0 Å². The largest absolute Gasteiger partial charge is 0.376 e. The van der Waals surface area contributed by atoms with Gasteiger partial charge in [-0.15, -0.1) is 11.3 Å². The first-order valence-corrected chi connectivity index (χ1v) is 10.5. The number of fused-ring (bicyclic) bond motifs is 1. The lowest BCUT2D eigenvalue weighted by atomic mass is 9.78. The molecule has 5 nitrogen and oxygen atoms in total. The van der Waals surface area contributed by atoms with Gasteiger partial charge in [-0.25, -0.2) is 0 Å². The standard InChI is InChI=1S/C20H30N2O3S/c1-14(2)11-18(23)21-15-6-7-20(25-3)8-9-22(17(20)12-15)19(24)13-16-5-4-10-26-16/h4-5,10,14-15,17H,6-9,11-13H2,1-3H3,(H,21,23)/t15-,17+,20-/m1/s1. The van der Waals surface area contributed by atoms with E-state index in [0.29, 0.717) is 18.8 Å². The van der Waals surface area contributed by atoms with Crippen molar-refractivity contribution in [2.75, 3.05) is 13.7 Å². The molecule has 3 rings (SSSR count). The quantitative estimate of drug-likeness (QED) is 0.828. The molecule has 1 saturated heterocycles. The molecule has 0 unspecified atom stereocenters. The second kappa shape index (κ2) is 8.09. The maximum absolute atomic E-state index is 12.9. The highest BCUT2D eigenvalue weighted by atomic mass is 32.1. The van der Waals surface area contributed by atoms with Gasteiger partial charge in [0.2, 0.25) is 11.8 Å². The third-order valence-corrected chi connectivity index (χ3v) is 6.65. The summed E-state index contributed by atoms with van der Waals surface area (Å²) in [5.41, 5.74) is -0.246. The highest BCUT2D eigenvalue weighted by Gasteiger charge is 2.52. The van der Waals surface area contributed by atoms with E-state index in [1.54, 1.807) is 18.4 Å². The van der Waals surface area contributed by atoms with Crippen LogP contribution in [0.4, 0.5) is 0 Å². The number of methoxy groups -OCH3 is 1. The molecule has 26 heavy (non-hydrogen) atoms. The van der Waals surface area contributed by atoms with E-state index in [0.717, 1.165) is 37.1 Å². The fourth-order valence-corrected chi connectivity index (χ4v) is 5.14. The molecule has 2 aliphatic rings. The summed E-state index contributed by atoms with van der Waals surface area (Å²) < 4.78 is 5.93. The molecule has 1 saturated carbocycles. The molecule has 1 aromatic rings. The molecular weight excluding hydrogens is 348 g/mol. The van der Waals surface area contributed by atoms with E-state index in [2.05, 4.69) is 19.2 Å². The van der Waals surface area contributed by atoms with Crippen molar-refractivity contribution in [3.05, 3.63) is 22.4 Å². The Bertz CT molecular complexity index is 631. The molecular formula is C20H30N2O3S. The lowest BCUT2D eigenvalue weighted by Gasteiger charge is -2.43. The van der Waals surface area contributed by atoms with Gasteiger partial charge in [-0.1, -0.05) is 19.9 Å². The van der Waals surface area contributed by atoms with E-state index < -0.39 is 0 Å². The number of carbonyl (C=O) groups excluding carboxylic acids is 2. The van der Waals surface area contributed by atoms with Gasteiger partial charge in [0.05, 0.1) is 18.1 Å². The van der Waals surface area contributed by atoms with E-state index in [1.807, 2.05) is 22.4 Å². The zero-order chi connectivity index (χ0) is 18.7. The van der Waals surface area contributed by atoms with Crippen molar-refractivity contribution in [2.45, 2.75) is 70.1 Å². The van der Waals surface area contributed by atoms with Gasteiger partial charge in [0.25, 0.3) is 0 Å². The molecule has 0 radical (unpaired) electrons. The van der Waals surface area contributed by atoms with Crippen molar-refractivity contribution in [3.8, 4) is 0 Å². The number of likely N-dealkylation sites (tertiary alicyclic amines) is 1. The predicted octanol–water partition coefficient (Wildman–Crippen LogP) is 2.99. The van der Waals surface area contributed by atoms with Crippen LogP contribution < -0.4 is 5.32 Å². The maximum atomic E-state index is 12.9. The summed E-state index contributed by atoms with van der Waals surface area (Å²) in [5.74, 6) is 0.641. The summed E-state index contributed by atoms with van der Waals surface area (Å²) in [6.45, 7) is 4.85. The van der Waals surface area contributed by atoms with Crippen LogP contribution in [0.1, 0.15) is 50.8 Å². The molecule has 1 aliphatic carbocycles. The minimum Gasteiger partial charge on any atom is -0.376 e. The minimum atomic E-state index is -0.246. The Balaban J connectivity index is 1.67. The van der Waals surface area contributed by atoms with Crippen LogP contribution in [0.2, 0.25) is 0 Å². The number of hydrogen-bond acceptors (Lipinski definition) is 4. The van der Waals surface area contributed by atoms with Crippen molar-refractivity contribution in [2.24, 2.45) is 5.92 Å². The van der Waals surface area contributed by atoms with Crippen LogP contribution in [0, 0.1) is 5.92 Å². The van der Waals surface area contributed by atoms with Gasteiger partial charge in [-0.3, -0.25) is 9.59 Å². The summed E-state index contributed by atoms with van der Waals surface area (Å²) in [6.07, 6.45) is 4.49. The zero-order valence-corrected chi connectivity index (χ0v) is 16.8. The summed E-state index contributed by atoms with van der Waals surface area (Å²) in [6, 6.07) is 4.18. The number of carbonyl (C=O) groups is 2. The normalized spacial score (nSPS) is 28.2. The van der Waals surface area contributed by atoms with Crippen molar-refractivity contribution in [3.63, 3.8) is 0 Å². The number of nitrogens with one attached hydrogen (secondary N) is 1. The number of hydrogen-bond donors (Lipinski definition) is 1. The molecule has 1 aromatic heterocycles. The molecule has 2 fully saturated rings. The molecule has 2 amide bonds. The predicted molar refractivity (Wildman–Crippen MR) is 103 cm³/mol. The number of thiophene rings is 1. The average Bonchev–Trinajstić information content (AvgIpc) is 3.21. The topological polar surface area (TPSA) is 58.6 Å². The van der Waals surface area contributed by atoms with Crippen LogP contribution >= 0.6 is 11.3 Å². The highest BCUT2D eigenvalue weighted by Crippen LogP contribution is 2.42. The van der Waals surface area contributed by atoms with Crippen molar-refractivity contribution < 1.29 is 14.3 Å². The number of nitrogens with zero attached hydrogens (tertiary/aromatic N) is 1. The zero-order valence-electron chi connectivity index (χ0n) is 16.0. The smallest absolute Gasteiger partial charge is 0.228 e. The maximum Gasteiger partial charge on any atom is 0.228 e. The summed E-state index contributed by atoms with van der Waals surface area (Å²) in [5, 5.41) is 5.19. The van der Waals surface area contributed by atoms with Gasteiger partial charge in [-0.2, -0.15) is 0 Å². The SMILES string of the molecule is CO[C@@]12CC[C@@H](NC(=O)CC(C)C)C[C@@H]1N(C(=O)Cc1cccs1)CC2. The number of rotatable bonds is 6. The van der Waals surface area contributed by atoms with Gasteiger partial charge in [0, 0.05) is 31.0 Å². The molecule has 0 bridgehead atoms. The lowest BCUT2D eigenvalue weighted by Crippen LogP contribution is -2.56. The van der Waals surface area contributed by atoms with Gasteiger partial charge < -0.3 is 15.0 Å². The molecule has 144 valence electrons. The Hall–Kier alpha value is -1.40. The molecule has 2 heterocycles. The van der Waals surface area contributed by atoms with Crippen LogP contribution in [0.3, 0.4) is 0 Å². The summed E-state index contributed by atoms with van der Waals surface area (Å²) >= 11 is 1.62. The molecule has 6 heteroatoms. The van der Waals surface area contributed by atoms with Gasteiger partial charge >= 0.3 is 0 Å². The number of amides is 2. The third kappa shape index (κ3) is 4.12. The highest BCUT2D eigenvalue weighted by molar-refractivity contribution is 7.10. The van der Waals surface area contributed by atoms with Gasteiger partial charge in [-0.05, 0) is 43.0 Å². The van der Waals surface area contributed by atoms with Crippen molar-refractivity contribution in [1.29, 1.82) is 0 Å². The molecule has 0 aromatic carbocycles. The first-order valence-electron chi connectivity index (χ1n) is 9.60. The second-order valence-electron chi connectivity index (χ2n) is 8.01. The Morgan fingerprint density at radius 3 is 2.88 bits per heavy atom. The molecule has 1 N–H and O–H groups in total. The summed E-state index contributed by atoms with van der Waals surface area (Å²) in [7, 11) is 1.76. The molecule has 3 atom stereocenters. The van der Waals surface area contributed by atoms with E-state index in [4.69, 9.17) is 4.74 Å². The monoisotopic (exact) mass is 378 g/mol. The Morgan fingerprint density at radius 2 is 2.23 bits per heavy atom. The van der Waals surface area contributed by atoms with Gasteiger partial charge in [0.1, 0.15) is 0 Å². The Morgan fingerprint density at radius 1 is 1.42 bits per heavy atom. The minimum absolute atomic E-state index is 0.0538. The molecule has 1 aliphatic heterocycles. The van der Waals surface area contributed by atoms with Crippen LogP contribution in [-0.2, 0) is 20.7 Å². The summed E-state index contributed by atoms with van der Waals surface area (Å²) in [4.78, 5) is 28.2. The van der Waals surface area contributed by atoms with Crippen LogP contribution in [0.5, 0.6) is 0 Å². The third-order valence-electron chi connectivity index (χ3n) is 5.77. The van der Waals surface area contributed by atoms with Crippen LogP contribution in [0.15, 0.2) is 17.5 Å². The fourth-order valence-electron chi connectivity index (χ4n) is 4.45. The van der Waals surface area contributed by atoms with E-state index in [1.165, 1.54) is 0 Å². The fraction of sp³-hybridized carbons (Fsp3) is 0.700. The van der Waals surface area contributed by atoms with Crippen LogP contribution in [-0.4, -0.2) is 48.1 Å². The van der Waals surface area contributed by atoms with E-state index in [9.17, 15) is 9.59 Å². The first-order chi connectivity index (χ1) is 12.4. The van der Waals surface area contributed by atoms with Crippen molar-refractivity contribution >= 4 is 23.2 Å². The average molecular weight is 379 g/mol. The first kappa shape index (κ1) is 19.4. The second-order valence-corrected chi connectivity index (χ2v) is 9.05.